The van der Waals surface area contributed by atoms with Crippen molar-refractivity contribution in [2.24, 2.45) is 0 Å². The molecule has 17 heavy (non-hydrogen) atoms. The minimum absolute atomic E-state index is 0.0140. The molecule has 1 aromatic rings. The maximum atomic E-state index is 13.2. The maximum absolute atomic E-state index is 13.2. The first-order chi connectivity index (χ1) is 8.11. The van der Waals surface area contributed by atoms with Crippen molar-refractivity contribution in [1.29, 1.82) is 0 Å². The molecule has 1 aromatic heterocycles. The molecule has 92 valence electrons. The van der Waals surface area contributed by atoms with Crippen LogP contribution in [0, 0.1) is 5.82 Å². The lowest BCUT2D eigenvalue weighted by Crippen LogP contribution is -2.28. The largest absolute Gasteiger partial charge is 0.375 e. The van der Waals surface area contributed by atoms with Crippen LogP contribution in [-0.2, 0) is 4.74 Å². The first-order valence-corrected chi connectivity index (χ1v) is 5.21. The molecular weight excluding hydrogens is 223 g/mol. The summed E-state index contributed by atoms with van der Waals surface area (Å²) in [5.41, 5.74) is 0.899. The summed E-state index contributed by atoms with van der Waals surface area (Å²) in [6, 6.07) is 1.33. The lowest BCUT2D eigenvalue weighted by molar-refractivity contribution is 0.0922. The van der Waals surface area contributed by atoms with E-state index in [1.807, 2.05) is 6.92 Å². The zero-order valence-electron chi connectivity index (χ0n) is 9.70. The second kappa shape index (κ2) is 6.75. The minimum Gasteiger partial charge on any atom is -0.375 e. The van der Waals surface area contributed by atoms with Gasteiger partial charge in [0.1, 0.15) is 0 Å². The van der Waals surface area contributed by atoms with E-state index in [0.717, 1.165) is 11.8 Å². The molecule has 4 nitrogen and oxygen atoms in total. The van der Waals surface area contributed by atoms with Gasteiger partial charge in [0.05, 0.1) is 25.0 Å². The van der Waals surface area contributed by atoms with Crippen molar-refractivity contribution in [3.8, 4) is 0 Å². The third-order valence-electron chi connectivity index (χ3n) is 1.90. The number of aromatic nitrogens is 1. The normalized spacial score (nSPS) is 10.0. The van der Waals surface area contributed by atoms with Crippen LogP contribution in [0.3, 0.4) is 0 Å². The Hall–Kier alpha value is -1.75. The van der Waals surface area contributed by atoms with E-state index in [1.54, 1.807) is 0 Å². The van der Waals surface area contributed by atoms with E-state index >= 15 is 0 Å². The molecule has 1 amide bonds. The number of carbonyl (C=O) groups excluding carboxylic acids is 1. The second-order valence-electron chi connectivity index (χ2n) is 3.62. The minimum atomic E-state index is -0.632. The molecule has 0 saturated heterocycles. The number of halogens is 1. The number of hydrogen-bond acceptors (Lipinski definition) is 3. The van der Waals surface area contributed by atoms with Crippen molar-refractivity contribution >= 4 is 5.91 Å². The van der Waals surface area contributed by atoms with Gasteiger partial charge in [-0.15, -0.1) is 0 Å². The SMILES string of the molecule is C=C(C)COCCNC(=O)c1ccncc1F. The fraction of sp³-hybridized carbons (Fsp3) is 0.333. The van der Waals surface area contributed by atoms with Crippen LogP contribution in [0.5, 0.6) is 0 Å². The summed E-state index contributed by atoms with van der Waals surface area (Å²) in [5.74, 6) is -1.10. The average Bonchev–Trinajstić information content (AvgIpc) is 2.28. The van der Waals surface area contributed by atoms with Crippen LogP contribution in [0.25, 0.3) is 0 Å². The average molecular weight is 238 g/mol. The molecule has 0 fully saturated rings. The summed E-state index contributed by atoms with van der Waals surface area (Å²) in [7, 11) is 0. The topological polar surface area (TPSA) is 51.2 Å². The molecule has 0 aliphatic heterocycles. The molecule has 1 heterocycles. The van der Waals surface area contributed by atoms with Gasteiger partial charge in [-0.25, -0.2) is 4.39 Å². The van der Waals surface area contributed by atoms with Crippen LogP contribution >= 0.6 is 0 Å². The van der Waals surface area contributed by atoms with Gasteiger partial charge in [0.15, 0.2) is 5.82 Å². The number of pyridine rings is 1. The Bertz CT molecular complexity index is 407. The number of carbonyl (C=O) groups is 1. The zero-order chi connectivity index (χ0) is 12.7. The van der Waals surface area contributed by atoms with Gasteiger partial charge in [0, 0.05) is 12.7 Å². The molecule has 5 heteroatoms. The molecule has 0 bridgehead atoms. The Morgan fingerprint density at radius 3 is 3.06 bits per heavy atom. The van der Waals surface area contributed by atoms with Crippen molar-refractivity contribution in [1.82, 2.24) is 10.3 Å². The Labute approximate surface area is 99.5 Å². The first kappa shape index (κ1) is 13.3. The predicted octanol–water partition coefficient (Wildman–Crippen LogP) is 1.54. The molecule has 0 unspecified atom stereocenters. The van der Waals surface area contributed by atoms with Crippen LogP contribution in [0.4, 0.5) is 4.39 Å². The molecule has 0 aliphatic rings. The fourth-order valence-corrected chi connectivity index (χ4v) is 1.14. The van der Waals surface area contributed by atoms with E-state index in [2.05, 4.69) is 16.9 Å². The standard InChI is InChI=1S/C12H15FN2O2/c1-9(2)8-17-6-5-15-12(16)10-3-4-14-7-11(10)13/h3-4,7H,1,5-6,8H2,2H3,(H,15,16). The lowest BCUT2D eigenvalue weighted by Gasteiger charge is -2.06. The van der Waals surface area contributed by atoms with Gasteiger partial charge in [-0.2, -0.15) is 0 Å². The fourth-order valence-electron chi connectivity index (χ4n) is 1.14. The highest BCUT2D eigenvalue weighted by atomic mass is 19.1. The third kappa shape index (κ3) is 4.74. The summed E-state index contributed by atoms with van der Waals surface area (Å²) >= 11 is 0. The lowest BCUT2D eigenvalue weighted by atomic mass is 10.2. The third-order valence-corrected chi connectivity index (χ3v) is 1.90. The van der Waals surface area contributed by atoms with Crippen LogP contribution in [-0.4, -0.2) is 30.6 Å². The predicted molar refractivity (Wildman–Crippen MR) is 62.2 cm³/mol. The molecular formula is C12H15FN2O2. The monoisotopic (exact) mass is 238 g/mol. The van der Waals surface area contributed by atoms with Crippen molar-refractivity contribution < 1.29 is 13.9 Å². The van der Waals surface area contributed by atoms with Gasteiger partial charge in [0.2, 0.25) is 0 Å². The molecule has 0 radical (unpaired) electrons. The summed E-state index contributed by atoms with van der Waals surface area (Å²) < 4.78 is 18.3. The van der Waals surface area contributed by atoms with E-state index in [-0.39, 0.29) is 5.56 Å². The Morgan fingerprint density at radius 2 is 2.41 bits per heavy atom. The Balaban J connectivity index is 2.31. The van der Waals surface area contributed by atoms with E-state index < -0.39 is 11.7 Å². The number of nitrogens with zero attached hydrogens (tertiary/aromatic N) is 1. The van der Waals surface area contributed by atoms with Gasteiger partial charge >= 0.3 is 0 Å². The molecule has 0 spiro atoms. The van der Waals surface area contributed by atoms with Gasteiger partial charge in [-0.05, 0) is 13.0 Å². The van der Waals surface area contributed by atoms with Crippen LogP contribution in [0.1, 0.15) is 17.3 Å². The van der Waals surface area contributed by atoms with E-state index in [0.29, 0.717) is 19.8 Å². The number of nitrogens with one attached hydrogen (secondary N) is 1. The Morgan fingerprint density at radius 1 is 1.65 bits per heavy atom. The summed E-state index contributed by atoms with van der Waals surface area (Å²) in [4.78, 5) is 15.1. The van der Waals surface area contributed by atoms with Crippen molar-refractivity contribution in [2.45, 2.75) is 6.92 Å². The summed E-state index contributed by atoms with van der Waals surface area (Å²) in [6.45, 7) is 6.68. The molecule has 0 atom stereocenters. The van der Waals surface area contributed by atoms with Gasteiger partial charge in [0.25, 0.3) is 5.91 Å². The number of hydrogen-bond donors (Lipinski definition) is 1. The van der Waals surface area contributed by atoms with Gasteiger partial charge in [-0.3, -0.25) is 9.78 Å². The van der Waals surface area contributed by atoms with Crippen molar-refractivity contribution in [3.63, 3.8) is 0 Å². The highest BCUT2D eigenvalue weighted by Crippen LogP contribution is 2.03. The Kier molecular flexibility index (Phi) is 5.29. The van der Waals surface area contributed by atoms with Crippen LogP contribution in [0.15, 0.2) is 30.6 Å². The second-order valence-corrected chi connectivity index (χ2v) is 3.62. The maximum Gasteiger partial charge on any atom is 0.254 e. The van der Waals surface area contributed by atoms with Gasteiger partial charge < -0.3 is 10.1 Å². The summed E-state index contributed by atoms with van der Waals surface area (Å²) in [6.07, 6.45) is 2.38. The number of ether oxygens (including phenoxy) is 1. The van der Waals surface area contributed by atoms with Crippen LogP contribution in [0.2, 0.25) is 0 Å². The summed E-state index contributed by atoms with van der Waals surface area (Å²) in [5, 5.41) is 2.55. The van der Waals surface area contributed by atoms with E-state index in [1.165, 1.54) is 12.3 Å². The van der Waals surface area contributed by atoms with Crippen molar-refractivity contribution in [2.75, 3.05) is 19.8 Å². The highest BCUT2D eigenvalue weighted by molar-refractivity contribution is 5.94. The molecule has 1 N–H and O–H groups in total. The molecule has 1 rings (SSSR count). The molecule has 0 aliphatic carbocycles. The number of amides is 1. The van der Waals surface area contributed by atoms with E-state index in [4.69, 9.17) is 4.74 Å². The quantitative estimate of drug-likeness (QED) is 0.604. The van der Waals surface area contributed by atoms with Gasteiger partial charge in [-0.1, -0.05) is 12.2 Å². The molecule has 0 aromatic carbocycles. The molecule has 0 saturated carbocycles. The first-order valence-electron chi connectivity index (χ1n) is 5.21. The van der Waals surface area contributed by atoms with Crippen molar-refractivity contribution in [3.05, 3.63) is 42.0 Å². The van der Waals surface area contributed by atoms with E-state index in [9.17, 15) is 9.18 Å². The smallest absolute Gasteiger partial charge is 0.254 e. The number of rotatable bonds is 6. The van der Waals surface area contributed by atoms with Crippen LogP contribution < -0.4 is 5.32 Å². The zero-order valence-corrected chi connectivity index (χ0v) is 9.70. The highest BCUT2D eigenvalue weighted by Gasteiger charge is 2.09.